The van der Waals surface area contributed by atoms with E-state index >= 15 is 0 Å². The zero-order valence-corrected chi connectivity index (χ0v) is 8.98. The molecule has 1 amide bonds. The molecule has 13 heavy (non-hydrogen) atoms. The predicted octanol–water partition coefficient (Wildman–Crippen LogP) is 0.374. The van der Waals surface area contributed by atoms with Gasteiger partial charge in [0.2, 0.25) is 5.91 Å². The number of nitrogens with one attached hydrogen (secondary N) is 1. The zero-order chi connectivity index (χ0) is 10.5. The van der Waals surface area contributed by atoms with Crippen molar-refractivity contribution in [2.75, 3.05) is 12.3 Å². The van der Waals surface area contributed by atoms with Gasteiger partial charge in [0.15, 0.2) is 0 Å². The number of hydrogen-bond acceptors (Lipinski definition) is 4. The predicted molar refractivity (Wildman–Crippen MR) is 52.7 cm³/mol. The highest BCUT2D eigenvalue weighted by molar-refractivity contribution is 7.81. The van der Waals surface area contributed by atoms with Gasteiger partial charge in [-0.2, -0.15) is 12.6 Å². The molecule has 0 fully saturated rings. The fourth-order valence-corrected chi connectivity index (χ4v) is 0.716. The van der Waals surface area contributed by atoms with Crippen LogP contribution in [0.25, 0.3) is 0 Å². The highest BCUT2D eigenvalue weighted by Gasteiger charge is 2.16. The molecule has 76 valence electrons. The first kappa shape index (κ1) is 12.3. The molecule has 0 aromatic rings. The van der Waals surface area contributed by atoms with Crippen LogP contribution < -0.4 is 5.32 Å². The van der Waals surface area contributed by atoms with Crippen LogP contribution in [0.3, 0.4) is 0 Å². The Morgan fingerprint density at radius 3 is 2.31 bits per heavy atom. The molecule has 0 bridgehead atoms. The fraction of sp³-hybridized carbons (Fsp3) is 0.750. The van der Waals surface area contributed by atoms with Crippen molar-refractivity contribution in [1.29, 1.82) is 0 Å². The van der Waals surface area contributed by atoms with Crippen molar-refractivity contribution < 1.29 is 14.3 Å². The second kappa shape index (κ2) is 5.11. The summed E-state index contributed by atoms with van der Waals surface area (Å²) in [4.78, 5) is 21.7. The second-order valence-corrected chi connectivity index (χ2v) is 3.84. The SMILES string of the molecule is CC(C)(C)OC(=O)CNC(=O)CS. The molecule has 0 heterocycles. The third kappa shape index (κ3) is 7.64. The molecule has 0 saturated heterocycles. The average Bonchev–Trinajstić information content (AvgIpc) is 1.97. The van der Waals surface area contributed by atoms with Crippen molar-refractivity contribution in [2.24, 2.45) is 0 Å². The van der Waals surface area contributed by atoms with E-state index in [4.69, 9.17) is 4.74 Å². The van der Waals surface area contributed by atoms with Gasteiger partial charge in [-0.15, -0.1) is 0 Å². The number of ether oxygens (including phenoxy) is 1. The summed E-state index contributed by atoms with van der Waals surface area (Å²) in [6, 6.07) is 0. The molecule has 1 N–H and O–H groups in total. The summed E-state index contributed by atoms with van der Waals surface area (Å²) < 4.78 is 4.95. The molecule has 0 rings (SSSR count). The molecule has 0 aliphatic carbocycles. The normalized spacial score (nSPS) is 10.8. The summed E-state index contributed by atoms with van der Waals surface area (Å²) >= 11 is 3.74. The highest BCUT2D eigenvalue weighted by atomic mass is 32.1. The lowest BCUT2D eigenvalue weighted by molar-refractivity contribution is -0.154. The monoisotopic (exact) mass is 205 g/mol. The summed E-state index contributed by atoms with van der Waals surface area (Å²) in [7, 11) is 0. The van der Waals surface area contributed by atoms with Crippen LogP contribution in [0, 0.1) is 0 Å². The Balaban J connectivity index is 3.71. The number of carbonyl (C=O) groups is 2. The Hall–Kier alpha value is -0.710. The Kier molecular flexibility index (Phi) is 4.83. The minimum Gasteiger partial charge on any atom is -0.459 e. The largest absolute Gasteiger partial charge is 0.459 e. The van der Waals surface area contributed by atoms with Gasteiger partial charge in [0.05, 0.1) is 5.75 Å². The van der Waals surface area contributed by atoms with Crippen LogP contribution in [0.2, 0.25) is 0 Å². The minimum absolute atomic E-state index is 0.0722. The van der Waals surface area contributed by atoms with Gasteiger partial charge in [0.1, 0.15) is 12.1 Å². The fourth-order valence-electron chi connectivity index (χ4n) is 0.604. The molecule has 0 unspecified atom stereocenters. The summed E-state index contributed by atoms with van der Waals surface area (Å²) in [6.07, 6.45) is 0. The summed E-state index contributed by atoms with van der Waals surface area (Å²) in [5, 5.41) is 2.36. The average molecular weight is 205 g/mol. The van der Waals surface area contributed by atoms with Gasteiger partial charge < -0.3 is 10.1 Å². The zero-order valence-electron chi connectivity index (χ0n) is 8.09. The number of hydrogen-bond donors (Lipinski definition) is 2. The number of esters is 1. The van der Waals surface area contributed by atoms with E-state index < -0.39 is 11.6 Å². The Labute approximate surface area is 83.4 Å². The summed E-state index contributed by atoms with van der Waals surface area (Å²) in [5.41, 5.74) is -0.511. The molecular formula is C8H15NO3S. The maximum Gasteiger partial charge on any atom is 0.325 e. The minimum atomic E-state index is -0.511. The lowest BCUT2D eigenvalue weighted by atomic mass is 10.2. The standard InChI is InChI=1S/C8H15NO3S/c1-8(2,3)12-7(11)4-9-6(10)5-13/h13H,4-5H2,1-3H3,(H,9,10). The van der Waals surface area contributed by atoms with Gasteiger partial charge in [0.25, 0.3) is 0 Å². The van der Waals surface area contributed by atoms with Crippen LogP contribution in [0.1, 0.15) is 20.8 Å². The van der Waals surface area contributed by atoms with E-state index in [-0.39, 0.29) is 18.2 Å². The van der Waals surface area contributed by atoms with Crippen LogP contribution in [-0.4, -0.2) is 29.8 Å². The van der Waals surface area contributed by atoms with E-state index in [1.807, 2.05) is 0 Å². The van der Waals surface area contributed by atoms with Crippen molar-refractivity contribution in [2.45, 2.75) is 26.4 Å². The van der Waals surface area contributed by atoms with Crippen molar-refractivity contribution in [3.63, 3.8) is 0 Å². The first-order valence-electron chi connectivity index (χ1n) is 3.94. The van der Waals surface area contributed by atoms with Gasteiger partial charge in [-0.05, 0) is 20.8 Å². The molecule has 0 aliphatic heterocycles. The first-order valence-corrected chi connectivity index (χ1v) is 4.58. The maximum atomic E-state index is 11.0. The lowest BCUT2D eigenvalue weighted by Gasteiger charge is -2.19. The van der Waals surface area contributed by atoms with E-state index in [0.29, 0.717) is 0 Å². The number of rotatable bonds is 3. The number of carbonyl (C=O) groups excluding carboxylic acids is 2. The van der Waals surface area contributed by atoms with E-state index in [9.17, 15) is 9.59 Å². The molecule has 5 heteroatoms. The smallest absolute Gasteiger partial charge is 0.325 e. The molecule has 0 aliphatic rings. The van der Waals surface area contributed by atoms with Gasteiger partial charge in [-0.3, -0.25) is 9.59 Å². The Morgan fingerprint density at radius 2 is 1.92 bits per heavy atom. The van der Waals surface area contributed by atoms with Crippen LogP contribution in [0.4, 0.5) is 0 Å². The van der Waals surface area contributed by atoms with Gasteiger partial charge in [-0.1, -0.05) is 0 Å². The second-order valence-electron chi connectivity index (χ2n) is 3.52. The van der Waals surface area contributed by atoms with E-state index in [1.54, 1.807) is 20.8 Å². The quantitative estimate of drug-likeness (QED) is 0.517. The Bertz CT molecular complexity index is 198. The number of amides is 1. The van der Waals surface area contributed by atoms with E-state index in [1.165, 1.54) is 0 Å². The van der Waals surface area contributed by atoms with Crippen molar-refractivity contribution in [1.82, 2.24) is 5.32 Å². The molecule has 0 saturated carbocycles. The molecule has 0 aromatic heterocycles. The summed E-state index contributed by atoms with van der Waals surface area (Å²) in [5.74, 6) is -0.653. The summed E-state index contributed by atoms with van der Waals surface area (Å²) in [6.45, 7) is 5.21. The van der Waals surface area contributed by atoms with E-state index in [2.05, 4.69) is 17.9 Å². The molecule has 0 aromatic carbocycles. The lowest BCUT2D eigenvalue weighted by Crippen LogP contribution is -2.35. The maximum absolute atomic E-state index is 11.0. The number of thiol groups is 1. The topological polar surface area (TPSA) is 55.4 Å². The molecule has 4 nitrogen and oxygen atoms in total. The van der Waals surface area contributed by atoms with Gasteiger partial charge >= 0.3 is 5.97 Å². The van der Waals surface area contributed by atoms with Crippen molar-refractivity contribution in [3.8, 4) is 0 Å². The highest BCUT2D eigenvalue weighted by Crippen LogP contribution is 2.05. The van der Waals surface area contributed by atoms with Crippen molar-refractivity contribution in [3.05, 3.63) is 0 Å². The van der Waals surface area contributed by atoms with Crippen LogP contribution in [-0.2, 0) is 14.3 Å². The molecule has 0 radical (unpaired) electrons. The first-order chi connectivity index (χ1) is 5.85. The molecule has 0 atom stereocenters. The third-order valence-electron chi connectivity index (χ3n) is 0.994. The van der Waals surface area contributed by atoms with Crippen LogP contribution in [0.15, 0.2) is 0 Å². The van der Waals surface area contributed by atoms with Gasteiger partial charge in [0, 0.05) is 0 Å². The van der Waals surface area contributed by atoms with Crippen LogP contribution in [0.5, 0.6) is 0 Å². The van der Waals surface area contributed by atoms with Gasteiger partial charge in [-0.25, -0.2) is 0 Å². The Morgan fingerprint density at radius 1 is 1.38 bits per heavy atom. The molecule has 0 spiro atoms. The van der Waals surface area contributed by atoms with Crippen molar-refractivity contribution >= 4 is 24.5 Å². The molecular weight excluding hydrogens is 190 g/mol. The van der Waals surface area contributed by atoms with Crippen LogP contribution >= 0.6 is 12.6 Å². The third-order valence-corrected chi connectivity index (χ3v) is 1.28. The van der Waals surface area contributed by atoms with E-state index in [0.717, 1.165) is 0 Å².